The summed E-state index contributed by atoms with van der Waals surface area (Å²) in [5.41, 5.74) is 0.277. The Hall–Kier alpha value is -1.32. The van der Waals surface area contributed by atoms with E-state index in [1.165, 1.54) is 0 Å². The molecule has 90 valence electrons. The zero-order valence-corrected chi connectivity index (χ0v) is 10.7. The topological polar surface area (TPSA) is 44.2 Å². The van der Waals surface area contributed by atoms with Gasteiger partial charge in [-0.2, -0.15) is 9.97 Å². The Morgan fingerprint density at radius 1 is 1.06 bits per heavy atom. The van der Waals surface area contributed by atoms with Crippen LogP contribution in [0, 0.1) is 5.41 Å². The first-order valence-corrected chi connectivity index (χ1v) is 5.40. The lowest BCUT2D eigenvalue weighted by Crippen LogP contribution is -2.09. The van der Waals surface area contributed by atoms with Crippen molar-refractivity contribution in [1.82, 2.24) is 9.97 Å². The molecular weight excluding hydrogens is 204 g/mol. The van der Waals surface area contributed by atoms with Gasteiger partial charge in [0.25, 0.3) is 0 Å². The second-order valence-corrected chi connectivity index (χ2v) is 4.93. The lowest BCUT2D eigenvalue weighted by atomic mass is 9.90. The molecule has 0 atom stereocenters. The standard InChI is InChI=1S/C12H20N2O2/c1-12(2,3)7-6-9-13-10(15-4)8-11(14-9)16-5/h8H,6-7H2,1-5H3. The van der Waals surface area contributed by atoms with E-state index in [0.717, 1.165) is 18.7 Å². The fourth-order valence-electron chi connectivity index (χ4n) is 1.26. The Balaban J connectivity index is 2.79. The van der Waals surface area contributed by atoms with Crippen molar-refractivity contribution in [3.8, 4) is 11.8 Å². The Labute approximate surface area is 97.0 Å². The molecule has 0 saturated carbocycles. The van der Waals surface area contributed by atoms with E-state index in [0.29, 0.717) is 11.8 Å². The van der Waals surface area contributed by atoms with Gasteiger partial charge in [-0.1, -0.05) is 20.8 Å². The summed E-state index contributed by atoms with van der Waals surface area (Å²) in [5.74, 6) is 1.87. The summed E-state index contributed by atoms with van der Waals surface area (Å²) in [5, 5.41) is 0. The molecule has 1 aromatic heterocycles. The molecule has 0 aliphatic rings. The van der Waals surface area contributed by atoms with Crippen molar-refractivity contribution in [2.24, 2.45) is 5.41 Å². The van der Waals surface area contributed by atoms with Crippen LogP contribution in [0.4, 0.5) is 0 Å². The highest BCUT2D eigenvalue weighted by Gasteiger charge is 2.12. The number of rotatable bonds is 4. The minimum absolute atomic E-state index is 0.277. The summed E-state index contributed by atoms with van der Waals surface area (Å²) < 4.78 is 10.2. The Morgan fingerprint density at radius 2 is 1.56 bits per heavy atom. The average Bonchev–Trinajstić information content (AvgIpc) is 2.25. The van der Waals surface area contributed by atoms with E-state index in [1.807, 2.05) is 0 Å². The van der Waals surface area contributed by atoms with Gasteiger partial charge in [0.05, 0.1) is 20.3 Å². The van der Waals surface area contributed by atoms with E-state index in [9.17, 15) is 0 Å². The SMILES string of the molecule is COc1cc(OC)nc(CCC(C)(C)C)n1. The number of hydrogen-bond donors (Lipinski definition) is 0. The number of methoxy groups -OCH3 is 2. The zero-order chi connectivity index (χ0) is 12.2. The van der Waals surface area contributed by atoms with Crippen LogP contribution in [0.5, 0.6) is 11.8 Å². The number of hydrogen-bond acceptors (Lipinski definition) is 4. The summed E-state index contributed by atoms with van der Waals surface area (Å²) in [6.07, 6.45) is 1.86. The highest BCUT2D eigenvalue weighted by atomic mass is 16.5. The summed E-state index contributed by atoms with van der Waals surface area (Å²) in [6, 6.07) is 1.68. The molecule has 0 radical (unpaired) electrons. The van der Waals surface area contributed by atoms with Crippen molar-refractivity contribution in [2.45, 2.75) is 33.6 Å². The van der Waals surface area contributed by atoms with Crippen LogP contribution in [0.15, 0.2) is 6.07 Å². The molecule has 4 nitrogen and oxygen atoms in total. The van der Waals surface area contributed by atoms with Crippen molar-refractivity contribution >= 4 is 0 Å². The predicted molar refractivity (Wildman–Crippen MR) is 62.9 cm³/mol. The van der Waals surface area contributed by atoms with Gasteiger partial charge in [0.15, 0.2) is 0 Å². The minimum Gasteiger partial charge on any atom is -0.481 e. The summed E-state index contributed by atoms with van der Waals surface area (Å²) in [4.78, 5) is 8.58. The van der Waals surface area contributed by atoms with Crippen molar-refractivity contribution < 1.29 is 9.47 Å². The molecule has 0 unspecified atom stereocenters. The smallest absolute Gasteiger partial charge is 0.220 e. The highest BCUT2D eigenvalue weighted by Crippen LogP contribution is 2.22. The predicted octanol–water partition coefficient (Wildman–Crippen LogP) is 2.47. The number of aromatic nitrogens is 2. The molecule has 0 bridgehead atoms. The van der Waals surface area contributed by atoms with E-state index >= 15 is 0 Å². The van der Waals surface area contributed by atoms with E-state index in [2.05, 4.69) is 30.7 Å². The quantitative estimate of drug-likeness (QED) is 0.788. The van der Waals surface area contributed by atoms with Crippen LogP contribution >= 0.6 is 0 Å². The molecule has 0 amide bonds. The summed E-state index contributed by atoms with van der Waals surface area (Å²) in [6.45, 7) is 6.60. The van der Waals surface area contributed by atoms with Gasteiger partial charge in [-0.25, -0.2) is 0 Å². The monoisotopic (exact) mass is 224 g/mol. The Bertz CT molecular complexity index is 323. The van der Waals surface area contributed by atoms with Gasteiger partial charge in [0.1, 0.15) is 5.82 Å². The van der Waals surface area contributed by atoms with Crippen LogP contribution in [-0.2, 0) is 6.42 Å². The third-order valence-electron chi connectivity index (χ3n) is 2.24. The summed E-state index contributed by atoms with van der Waals surface area (Å²) >= 11 is 0. The van der Waals surface area contributed by atoms with Gasteiger partial charge in [-0.05, 0) is 11.8 Å². The molecule has 0 N–H and O–H groups in total. The first kappa shape index (κ1) is 12.7. The van der Waals surface area contributed by atoms with Crippen LogP contribution in [0.1, 0.15) is 33.0 Å². The van der Waals surface area contributed by atoms with Crippen LogP contribution in [0.3, 0.4) is 0 Å². The lowest BCUT2D eigenvalue weighted by Gasteiger charge is -2.17. The normalized spacial score (nSPS) is 11.3. The van der Waals surface area contributed by atoms with Gasteiger partial charge in [-0.15, -0.1) is 0 Å². The molecular formula is C12H20N2O2. The second-order valence-electron chi connectivity index (χ2n) is 4.93. The Kier molecular flexibility index (Phi) is 4.10. The minimum atomic E-state index is 0.277. The molecule has 0 saturated heterocycles. The van der Waals surface area contributed by atoms with Crippen molar-refractivity contribution in [2.75, 3.05) is 14.2 Å². The molecule has 0 spiro atoms. The number of nitrogens with zero attached hydrogens (tertiary/aromatic N) is 2. The molecule has 16 heavy (non-hydrogen) atoms. The lowest BCUT2D eigenvalue weighted by molar-refractivity contribution is 0.354. The van der Waals surface area contributed by atoms with E-state index < -0.39 is 0 Å². The second kappa shape index (κ2) is 5.14. The van der Waals surface area contributed by atoms with E-state index in [4.69, 9.17) is 9.47 Å². The third-order valence-corrected chi connectivity index (χ3v) is 2.24. The molecule has 0 fully saturated rings. The molecule has 1 heterocycles. The fraction of sp³-hybridized carbons (Fsp3) is 0.667. The molecule has 0 aliphatic heterocycles. The molecule has 1 rings (SSSR count). The van der Waals surface area contributed by atoms with Gasteiger partial charge >= 0.3 is 0 Å². The van der Waals surface area contributed by atoms with E-state index in [-0.39, 0.29) is 5.41 Å². The van der Waals surface area contributed by atoms with Gasteiger partial charge in [0, 0.05) is 6.42 Å². The largest absolute Gasteiger partial charge is 0.481 e. The van der Waals surface area contributed by atoms with Gasteiger partial charge in [-0.3, -0.25) is 0 Å². The first-order chi connectivity index (χ1) is 7.44. The van der Waals surface area contributed by atoms with Crippen LogP contribution in [-0.4, -0.2) is 24.2 Å². The van der Waals surface area contributed by atoms with Crippen LogP contribution < -0.4 is 9.47 Å². The first-order valence-electron chi connectivity index (χ1n) is 5.40. The van der Waals surface area contributed by atoms with Crippen LogP contribution in [0.2, 0.25) is 0 Å². The maximum Gasteiger partial charge on any atom is 0.220 e. The maximum absolute atomic E-state index is 5.10. The Morgan fingerprint density at radius 3 is 1.94 bits per heavy atom. The summed E-state index contributed by atoms with van der Waals surface area (Å²) in [7, 11) is 3.19. The molecule has 4 heteroatoms. The zero-order valence-electron chi connectivity index (χ0n) is 10.7. The average molecular weight is 224 g/mol. The van der Waals surface area contributed by atoms with E-state index in [1.54, 1.807) is 20.3 Å². The highest BCUT2D eigenvalue weighted by molar-refractivity contribution is 5.20. The molecule has 0 aromatic carbocycles. The van der Waals surface area contributed by atoms with Crippen molar-refractivity contribution in [3.05, 3.63) is 11.9 Å². The third kappa shape index (κ3) is 4.04. The maximum atomic E-state index is 5.10. The van der Waals surface area contributed by atoms with Gasteiger partial charge in [0.2, 0.25) is 11.8 Å². The fourth-order valence-corrected chi connectivity index (χ4v) is 1.26. The van der Waals surface area contributed by atoms with Crippen molar-refractivity contribution in [3.63, 3.8) is 0 Å². The van der Waals surface area contributed by atoms with Crippen molar-refractivity contribution in [1.29, 1.82) is 0 Å². The molecule has 1 aromatic rings. The van der Waals surface area contributed by atoms with Gasteiger partial charge < -0.3 is 9.47 Å². The number of ether oxygens (including phenoxy) is 2. The molecule has 0 aliphatic carbocycles. The number of aryl methyl sites for hydroxylation is 1. The van der Waals surface area contributed by atoms with Crippen LogP contribution in [0.25, 0.3) is 0 Å².